The van der Waals surface area contributed by atoms with Crippen LogP contribution in [-0.4, -0.2) is 23.3 Å². The van der Waals surface area contributed by atoms with Gasteiger partial charge in [-0.25, -0.2) is 4.79 Å². The lowest BCUT2D eigenvalue weighted by molar-refractivity contribution is -0.384. The second-order valence-corrected chi connectivity index (χ2v) is 6.80. The van der Waals surface area contributed by atoms with Crippen LogP contribution < -0.4 is 10.9 Å². The zero-order valence-corrected chi connectivity index (χ0v) is 16.3. The van der Waals surface area contributed by atoms with Crippen molar-refractivity contribution in [2.45, 2.75) is 6.61 Å². The molecule has 148 valence electrons. The number of ether oxygens (including phenoxy) is 1. The van der Waals surface area contributed by atoms with Gasteiger partial charge >= 0.3 is 11.6 Å². The average molecular weight is 461 g/mol. The third-order valence-corrected chi connectivity index (χ3v) is 4.39. The topological polar surface area (TPSA) is 129 Å². The van der Waals surface area contributed by atoms with Gasteiger partial charge in [0.1, 0.15) is 18.7 Å². The maximum atomic E-state index is 12.0. The highest BCUT2D eigenvalue weighted by Gasteiger charge is 2.14. The summed E-state index contributed by atoms with van der Waals surface area (Å²) in [5.74, 6) is -1.39. The molecule has 0 spiro atoms. The van der Waals surface area contributed by atoms with Crippen molar-refractivity contribution in [3.63, 3.8) is 0 Å². The van der Waals surface area contributed by atoms with Crippen LogP contribution in [0, 0.1) is 10.1 Å². The summed E-state index contributed by atoms with van der Waals surface area (Å²) in [7, 11) is 0. The standard InChI is InChI=1S/C19H13BrN2O7/c20-13-4-5-15-12(7-17(23)29-16(15)8-13)10-28-18(24)9-21-19(25)11-2-1-3-14(6-11)22(26)27/h1-8H,9-10H2,(H,21,25). The van der Waals surface area contributed by atoms with Crippen molar-refractivity contribution in [1.29, 1.82) is 0 Å². The van der Waals surface area contributed by atoms with E-state index >= 15 is 0 Å². The Hall–Kier alpha value is -3.53. The average Bonchev–Trinajstić information content (AvgIpc) is 2.69. The summed E-state index contributed by atoms with van der Waals surface area (Å²) >= 11 is 3.28. The first-order valence-corrected chi connectivity index (χ1v) is 9.03. The maximum absolute atomic E-state index is 12.0. The molecule has 0 radical (unpaired) electrons. The number of amides is 1. The second kappa shape index (κ2) is 8.65. The molecule has 3 aromatic rings. The Bertz CT molecular complexity index is 1170. The van der Waals surface area contributed by atoms with Crippen molar-refractivity contribution < 1.29 is 23.7 Å². The van der Waals surface area contributed by atoms with Gasteiger partial charge in [0.2, 0.25) is 0 Å². The van der Waals surface area contributed by atoms with Gasteiger partial charge in [0.15, 0.2) is 0 Å². The number of benzene rings is 2. The molecule has 2 aromatic carbocycles. The Morgan fingerprint density at radius 1 is 1.17 bits per heavy atom. The Balaban J connectivity index is 1.61. The van der Waals surface area contributed by atoms with Gasteiger partial charge in [-0.2, -0.15) is 0 Å². The maximum Gasteiger partial charge on any atom is 0.336 e. The van der Waals surface area contributed by atoms with Crippen LogP contribution in [0.15, 0.2) is 62.2 Å². The fraction of sp³-hybridized carbons (Fsp3) is 0.105. The van der Waals surface area contributed by atoms with Gasteiger partial charge in [-0.05, 0) is 24.3 Å². The summed E-state index contributed by atoms with van der Waals surface area (Å²) in [6.07, 6.45) is 0. The number of hydrogen-bond acceptors (Lipinski definition) is 7. The molecule has 0 saturated heterocycles. The Kier molecular flexibility index (Phi) is 6.03. The monoisotopic (exact) mass is 460 g/mol. The minimum atomic E-state index is -0.734. The largest absolute Gasteiger partial charge is 0.459 e. The van der Waals surface area contributed by atoms with Gasteiger partial charge in [-0.1, -0.05) is 22.0 Å². The van der Waals surface area contributed by atoms with Crippen molar-refractivity contribution in [2.24, 2.45) is 0 Å². The number of nitrogens with one attached hydrogen (secondary N) is 1. The van der Waals surface area contributed by atoms with Crippen LogP contribution >= 0.6 is 15.9 Å². The highest BCUT2D eigenvalue weighted by molar-refractivity contribution is 9.10. The predicted octanol–water partition coefficient (Wildman–Crippen LogP) is 2.94. The van der Waals surface area contributed by atoms with Crippen LogP contribution in [0.1, 0.15) is 15.9 Å². The molecule has 9 nitrogen and oxygen atoms in total. The first-order valence-electron chi connectivity index (χ1n) is 8.24. The van der Waals surface area contributed by atoms with Crippen molar-refractivity contribution in [3.8, 4) is 0 Å². The molecule has 0 atom stereocenters. The van der Waals surface area contributed by atoms with E-state index in [1.54, 1.807) is 18.2 Å². The van der Waals surface area contributed by atoms with Crippen LogP contribution in [0.4, 0.5) is 5.69 Å². The molecule has 0 aliphatic heterocycles. The quantitative estimate of drug-likeness (QED) is 0.259. The van der Waals surface area contributed by atoms with E-state index < -0.39 is 29.0 Å². The van der Waals surface area contributed by atoms with E-state index in [2.05, 4.69) is 21.2 Å². The number of nitro benzene ring substituents is 1. The number of carbonyl (C=O) groups excluding carboxylic acids is 2. The molecule has 1 heterocycles. The summed E-state index contributed by atoms with van der Waals surface area (Å²) in [6, 6.07) is 11.4. The number of hydrogen-bond donors (Lipinski definition) is 1. The first-order chi connectivity index (χ1) is 13.8. The van der Waals surface area contributed by atoms with Crippen molar-refractivity contribution in [1.82, 2.24) is 5.32 Å². The normalized spacial score (nSPS) is 10.5. The highest BCUT2D eigenvalue weighted by Crippen LogP contribution is 2.22. The molecular weight excluding hydrogens is 448 g/mol. The summed E-state index contributed by atoms with van der Waals surface area (Å²) in [5.41, 5.74) is 0.0329. The molecule has 29 heavy (non-hydrogen) atoms. The third-order valence-electron chi connectivity index (χ3n) is 3.89. The third kappa shape index (κ3) is 5.05. The van der Waals surface area contributed by atoms with Gasteiger partial charge in [0.25, 0.3) is 11.6 Å². The molecule has 0 saturated carbocycles. The van der Waals surface area contributed by atoms with Crippen molar-refractivity contribution in [3.05, 3.63) is 84.7 Å². The molecule has 0 aliphatic rings. The molecule has 1 aromatic heterocycles. The molecule has 3 rings (SSSR count). The van der Waals surface area contributed by atoms with Gasteiger partial charge in [0.05, 0.1) is 4.92 Å². The number of nitrogens with zero attached hydrogens (tertiary/aromatic N) is 1. The number of non-ortho nitro benzene ring substituents is 1. The molecule has 0 aliphatic carbocycles. The molecule has 10 heteroatoms. The van der Waals surface area contributed by atoms with Gasteiger partial charge in [-0.3, -0.25) is 19.7 Å². The van der Waals surface area contributed by atoms with E-state index in [-0.39, 0.29) is 17.9 Å². The van der Waals surface area contributed by atoms with Crippen LogP contribution in [0.5, 0.6) is 0 Å². The molecule has 1 amide bonds. The lowest BCUT2D eigenvalue weighted by Gasteiger charge is -2.08. The second-order valence-electron chi connectivity index (χ2n) is 5.88. The Morgan fingerprint density at radius 3 is 2.72 bits per heavy atom. The van der Waals surface area contributed by atoms with E-state index in [0.29, 0.717) is 16.5 Å². The zero-order valence-electron chi connectivity index (χ0n) is 14.7. The van der Waals surface area contributed by atoms with E-state index in [9.17, 15) is 24.5 Å². The minimum Gasteiger partial charge on any atom is -0.459 e. The van der Waals surface area contributed by atoms with Crippen LogP contribution in [0.2, 0.25) is 0 Å². The number of halogens is 1. The van der Waals surface area contributed by atoms with E-state index in [1.807, 2.05) is 0 Å². The zero-order chi connectivity index (χ0) is 21.0. The van der Waals surface area contributed by atoms with Crippen LogP contribution in [0.25, 0.3) is 11.0 Å². The van der Waals surface area contributed by atoms with Crippen molar-refractivity contribution in [2.75, 3.05) is 6.54 Å². The fourth-order valence-corrected chi connectivity index (χ4v) is 2.89. The molecule has 0 unspecified atom stereocenters. The van der Waals surface area contributed by atoms with E-state index in [1.165, 1.54) is 24.3 Å². The summed E-state index contributed by atoms with van der Waals surface area (Å²) in [4.78, 5) is 45.8. The van der Waals surface area contributed by atoms with E-state index in [0.717, 1.165) is 10.5 Å². The number of esters is 1. The van der Waals surface area contributed by atoms with Crippen molar-refractivity contribution >= 4 is 44.5 Å². The van der Waals surface area contributed by atoms with Gasteiger partial charge in [0, 0.05) is 39.2 Å². The van der Waals surface area contributed by atoms with E-state index in [4.69, 9.17) is 9.15 Å². The van der Waals surface area contributed by atoms with Gasteiger partial charge < -0.3 is 14.5 Å². The lowest BCUT2D eigenvalue weighted by Crippen LogP contribution is -2.30. The number of carbonyl (C=O) groups is 2. The highest BCUT2D eigenvalue weighted by atomic mass is 79.9. The molecule has 0 bridgehead atoms. The number of nitro groups is 1. The fourth-order valence-electron chi connectivity index (χ4n) is 2.55. The number of fused-ring (bicyclic) bond motifs is 1. The smallest absolute Gasteiger partial charge is 0.336 e. The Morgan fingerprint density at radius 2 is 1.97 bits per heavy atom. The molecule has 0 fully saturated rings. The molecule has 1 N–H and O–H groups in total. The number of rotatable bonds is 6. The first kappa shape index (κ1) is 20.2. The minimum absolute atomic E-state index is 0.0456. The van der Waals surface area contributed by atoms with Crippen LogP contribution in [0.3, 0.4) is 0 Å². The Labute approximate surface area is 171 Å². The summed E-state index contributed by atoms with van der Waals surface area (Å²) in [5, 5.41) is 13.7. The summed E-state index contributed by atoms with van der Waals surface area (Å²) in [6.45, 7) is -0.623. The molecular formula is C19H13BrN2O7. The predicted molar refractivity (Wildman–Crippen MR) is 105 cm³/mol. The van der Waals surface area contributed by atoms with Gasteiger partial charge in [-0.15, -0.1) is 0 Å². The van der Waals surface area contributed by atoms with Crippen LogP contribution in [-0.2, 0) is 16.1 Å². The SMILES string of the molecule is O=C(CNC(=O)c1cccc([N+](=O)[O-])c1)OCc1cc(=O)oc2cc(Br)ccc12. The summed E-state index contributed by atoms with van der Waals surface area (Å²) < 4.78 is 11.0. The lowest BCUT2D eigenvalue weighted by atomic mass is 10.1.